The van der Waals surface area contributed by atoms with E-state index in [1.54, 1.807) is 13.2 Å². The predicted octanol–water partition coefficient (Wildman–Crippen LogP) is 4.00. The third-order valence-electron chi connectivity index (χ3n) is 5.01. The summed E-state index contributed by atoms with van der Waals surface area (Å²) in [4.78, 5) is 29.9. The number of hydrogen-bond donors (Lipinski definition) is 1. The number of amides is 1. The third kappa shape index (κ3) is 3.66. The monoisotopic (exact) mass is 390 g/mol. The predicted molar refractivity (Wildman–Crippen MR) is 110 cm³/mol. The first-order chi connectivity index (χ1) is 14.1. The van der Waals surface area contributed by atoms with Gasteiger partial charge in [-0.3, -0.25) is 4.79 Å². The van der Waals surface area contributed by atoms with Crippen molar-refractivity contribution in [3.63, 3.8) is 0 Å². The van der Waals surface area contributed by atoms with Gasteiger partial charge < -0.3 is 14.5 Å². The van der Waals surface area contributed by atoms with Crippen LogP contribution in [0.5, 0.6) is 0 Å². The van der Waals surface area contributed by atoms with Crippen LogP contribution in [0.2, 0.25) is 0 Å². The van der Waals surface area contributed by atoms with E-state index in [-0.39, 0.29) is 5.91 Å². The average molecular weight is 390 g/mol. The number of rotatable bonds is 5. The molecule has 1 atom stereocenters. The van der Waals surface area contributed by atoms with Gasteiger partial charge >= 0.3 is 5.97 Å². The summed E-state index contributed by atoms with van der Waals surface area (Å²) in [5.74, 6) is -0.0658. The Morgan fingerprint density at radius 3 is 2.83 bits per heavy atom. The van der Waals surface area contributed by atoms with Crippen LogP contribution in [0, 0.1) is 0 Å². The fourth-order valence-corrected chi connectivity index (χ4v) is 3.65. The number of allylic oxidation sites excluding steroid dienone is 1. The first-order valence-corrected chi connectivity index (χ1v) is 9.73. The number of furan rings is 1. The molecule has 1 aliphatic rings. The lowest BCUT2D eigenvalue weighted by atomic mass is 10.0. The summed E-state index contributed by atoms with van der Waals surface area (Å²) in [6, 6.07) is 11.2. The minimum Gasteiger partial charge on any atom is -0.465 e. The number of esters is 1. The molecule has 4 rings (SSSR count). The molecule has 2 aromatic heterocycles. The Bertz CT molecular complexity index is 1100. The Morgan fingerprint density at radius 1 is 1.24 bits per heavy atom. The minimum atomic E-state index is -0.871. The van der Waals surface area contributed by atoms with Gasteiger partial charge in [0.15, 0.2) is 6.10 Å². The highest BCUT2D eigenvalue weighted by molar-refractivity contribution is 6.07. The minimum absolute atomic E-state index is 0.311. The summed E-state index contributed by atoms with van der Waals surface area (Å²) in [7, 11) is 0. The van der Waals surface area contributed by atoms with Crippen LogP contribution in [-0.4, -0.2) is 29.5 Å². The number of ether oxygens (including phenoxy) is 1. The molecule has 1 aliphatic carbocycles. The maximum Gasteiger partial charge on any atom is 0.339 e. The molecule has 3 aromatic rings. The third-order valence-corrected chi connectivity index (χ3v) is 5.01. The van der Waals surface area contributed by atoms with E-state index in [1.807, 2.05) is 49.4 Å². The second-order valence-electron chi connectivity index (χ2n) is 6.96. The highest BCUT2D eigenvalue weighted by atomic mass is 16.5. The molecule has 0 spiro atoms. The molecule has 0 fully saturated rings. The Kier molecular flexibility index (Phi) is 5.16. The van der Waals surface area contributed by atoms with Crippen LogP contribution in [0.3, 0.4) is 0 Å². The first kappa shape index (κ1) is 18.9. The Hall–Kier alpha value is -3.41. The zero-order valence-electron chi connectivity index (χ0n) is 16.4. The summed E-state index contributed by atoms with van der Waals surface area (Å²) in [6.07, 6.45) is 4.15. The lowest BCUT2D eigenvalue weighted by Gasteiger charge is -2.16. The van der Waals surface area contributed by atoms with E-state index in [1.165, 1.54) is 0 Å². The number of likely N-dealkylation sites (N-methyl/N-ethyl adjacent to an activating group) is 1. The van der Waals surface area contributed by atoms with Crippen molar-refractivity contribution in [2.45, 2.75) is 32.8 Å². The molecule has 148 valence electrons. The number of aromatic nitrogens is 1. The SMILES string of the molecule is CCNC(=O)[C@H](C)OC(=O)c1c2c(nc3ccccc13)/C(=C/c1ccco1)CC2. The van der Waals surface area contributed by atoms with E-state index < -0.39 is 12.1 Å². The zero-order chi connectivity index (χ0) is 20.4. The Balaban J connectivity index is 1.78. The molecule has 0 bridgehead atoms. The topological polar surface area (TPSA) is 81.4 Å². The second kappa shape index (κ2) is 7.91. The number of carbonyl (C=O) groups is 2. The number of benzene rings is 1. The van der Waals surface area contributed by atoms with Crippen LogP contribution >= 0.6 is 0 Å². The highest BCUT2D eigenvalue weighted by Gasteiger charge is 2.29. The summed E-state index contributed by atoms with van der Waals surface area (Å²) < 4.78 is 10.9. The summed E-state index contributed by atoms with van der Waals surface area (Å²) in [5, 5.41) is 3.41. The molecule has 0 radical (unpaired) electrons. The van der Waals surface area contributed by atoms with Crippen LogP contribution in [-0.2, 0) is 16.0 Å². The normalized spacial score (nSPS) is 15.3. The van der Waals surface area contributed by atoms with Crippen molar-refractivity contribution in [2.24, 2.45) is 0 Å². The van der Waals surface area contributed by atoms with E-state index in [4.69, 9.17) is 14.1 Å². The fourth-order valence-electron chi connectivity index (χ4n) is 3.65. The van der Waals surface area contributed by atoms with E-state index in [9.17, 15) is 9.59 Å². The summed E-state index contributed by atoms with van der Waals surface area (Å²) >= 11 is 0. The van der Waals surface area contributed by atoms with Crippen molar-refractivity contribution in [1.29, 1.82) is 0 Å². The van der Waals surface area contributed by atoms with Crippen LogP contribution < -0.4 is 5.32 Å². The maximum absolute atomic E-state index is 13.1. The zero-order valence-corrected chi connectivity index (χ0v) is 16.4. The van der Waals surface area contributed by atoms with Crippen LogP contribution in [0.4, 0.5) is 0 Å². The second-order valence-corrected chi connectivity index (χ2v) is 6.96. The van der Waals surface area contributed by atoms with Gasteiger partial charge in [0.05, 0.1) is 23.0 Å². The molecule has 0 aliphatic heterocycles. The van der Waals surface area contributed by atoms with Crippen LogP contribution in [0.25, 0.3) is 22.6 Å². The Labute approximate surface area is 168 Å². The molecule has 2 heterocycles. The molecule has 0 saturated carbocycles. The largest absolute Gasteiger partial charge is 0.465 e. The standard InChI is InChI=1S/C23H22N2O4/c1-3-24-22(26)14(2)29-23(27)20-17-8-4-5-9-19(17)25-21-15(10-11-18(20)21)13-16-7-6-12-28-16/h4-9,12-14H,3,10-11H2,1-2H3,(H,24,26)/b15-13+/t14-/m0/s1. The highest BCUT2D eigenvalue weighted by Crippen LogP contribution is 2.37. The van der Waals surface area contributed by atoms with Crippen molar-refractivity contribution >= 4 is 34.4 Å². The quantitative estimate of drug-likeness (QED) is 0.666. The lowest BCUT2D eigenvalue weighted by Crippen LogP contribution is -2.35. The Morgan fingerprint density at radius 2 is 2.07 bits per heavy atom. The van der Waals surface area contributed by atoms with Gasteiger partial charge in [-0.15, -0.1) is 0 Å². The van der Waals surface area contributed by atoms with Crippen molar-refractivity contribution in [3.8, 4) is 0 Å². The van der Waals surface area contributed by atoms with Gasteiger partial charge in [-0.2, -0.15) is 0 Å². The van der Waals surface area contributed by atoms with E-state index in [0.29, 0.717) is 18.5 Å². The lowest BCUT2D eigenvalue weighted by molar-refractivity contribution is -0.128. The molecule has 0 saturated heterocycles. The van der Waals surface area contributed by atoms with Gasteiger partial charge in [0, 0.05) is 11.9 Å². The molecule has 29 heavy (non-hydrogen) atoms. The molecular weight excluding hydrogens is 368 g/mol. The molecule has 6 nitrogen and oxygen atoms in total. The van der Waals surface area contributed by atoms with Gasteiger partial charge in [0.2, 0.25) is 0 Å². The van der Waals surface area contributed by atoms with Crippen molar-refractivity contribution < 1.29 is 18.7 Å². The molecular formula is C23H22N2O4. The summed E-state index contributed by atoms with van der Waals surface area (Å²) in [6.45, 7) is 3.88. The molecule has 1 aromatic carbocycles. The van der Waals surface area contributed by atoms with Gasteiger partial charge in [0.1, 0.15) is 5.76 Å². The number of nitrogens with zero attached hydrogens (tertiary/aromatic N) is 1. The van der Waals surface area contributed by atoms with Crippen molar-refractivity contribution in [2.75, 3.05) is 6.54 Å². The molecule has 6 heteroatoms. The van der Waals surface area contributed by atoms with Gasteiger partial charge in [-0.05, 0) is 62.1 Å². The summed E-state index contributed by atoms with van der Waals surface area (Å²) in [5.41, 5.74) is 3.87. The van der Waals surface area contributed by atoms with Gasteiger partial charge in [0.25, 0.3) is 5.91 Å². The number of para-hydroxylation sites is 1. The smallest absolute Gasteiger partial charge is 0.339 e. The average Bonchev–Trinajstić information content (AvgIpc) is 3.37. The number of nitrogens with one attached hydrogen (secondary N) is 1. The van der Waals surface area contributed by atoms with Crippen LogP contribution in [0.15, 0.2) is 47.1 Å². The number of hydrogen-bond acceptors (Lipinski definition) is 5. The van der Waals surface area contributed by atoms with E-state index >= 15 is 0 Å². The van der Waals surface area contributed by atoms with Crippen LogP contribution in [0.1, 0.15) is 47.6 Å². The van der Waals surface area contributed by atoms with E-state index in [0.717, 1.165) is 39.9 Å². The number of pyridine rings is 1. The fraction of sp³-hybridized carbons (Fsp3) is 0.261. The van der Waals surface area contributed by atoms with Gasteiger partial charge in [-0.25, -0.2) is 9.78 Å². The molecule has 0 unspecified atom stereocenters. The van der Waals surface area contributed by atoms with Gasteiger partial charge in [-0.1, -0.05) is 18.2 Å². The number of carbonyl (C=O) groups excluding carboxylic acids is 2. The first-order valence-electron chi connectivity index (χ1n) is 9.73. The maximum atomic E-state index is 13.1. The van der Waals surface area contributed by atoms with E-state index in [2.05, 4.69) is 5.32 Å². The van der Waals surface area contributed by atoms with Crippen molar-refractivity contribution in [3.05, 3.63) is 65.2 Å². The number of fused-ring (bicyclic) bond motifs is 2. The van der Waals surface area contributed by atoms with Crippen molar-refractivity contribution in [1.82, 2.24) is 10.3 Å². The molecule has 1 N–H and O–H groups in total. The molecule has 1 amide bonds.